The molecule has 0 unspecified atom stereocenters. The maximum absolute atomic E-state index is 13.1. The molecule has 0 aliphatic carbocycles. The van der Waals surface area contributed by atoms with Gasteiger partial charge in [-0.15, -0.1) is 0 Å². The van der Waals surface area contributed by atoms with Crippen molar-refractivity contribution in [3.8, 4) is 11.8 Å². The zero-order valence-electron chi connectivity index (χ0n) is 14.6. The number of hydrogen-bond donors (Lipinski definition) is 0. The third-order valence-corrected chi connectivity index (χ3v) is 4.18. The summed E-state index contributed by atoms with van der Waals surface area (Å²) in [6.45, 7) is 4.19. The Morgan fingerprint density at radius 1 is 1.15 bits per heavy atom. The highest BCUT2D eigenvalue weighted by Crippen LogP contribution is 2.20. The lowest BCUT2D eigenvalue weighted by molar-refractivity contribution is 0.132. The molecule has 0 saturated heterocycles. The Balaban J connectivity index is 1.74. The maximum atomic E-state index is 13.1. The summed E-state index contributed by atoms with van der Waals surface area (Å²) in [4.78, 5) is 5.35. The number of hydrogen-bond acceptors (Lipinski definition) is 3. The summed E-state index contributed by atoms with van der Waals surface area (Å²) in [5, 5.41) is 13.1. The predicted octanol–water partition coefficient (Wildman–Crippen LogP) is 4.66. The SMILES string of the molecule is Cc1cc(/C=N\OCc2ccccc2C#N)c(C)n1-c1ccc(F)cc1. The molecule has 0 saturated carbocycles. The second-order valence-electron chi connectivity index (χ2n) is 5.92. The lowest BCUT2D eigenvalue weighted by atomic mass is 10.1. The quantitative estimate of drug-likeness (QED) is 0.498. The molecule has 0 bridgehead atoms. The molecule has 2 aromatic carbocycles. The van der Waals surface area contributed by atoms with Crippen molar-refractivity contribution in [1.82, 2.24) is 4.57 Å². The molecule has 0 atom stereocenters. The summed E-state index contributed by atoms with van der Waals surface area (Å²) in [6, 6.07) is 17.8. The van der Waals surface area contributed by atoms with Crippen LogP contribution in [0.4, 0.5) is 4.39 Å². The molecule has 3 rings (SSSR count). The fraction of sp³-hybridized carbons (Fsp3) is 0.143. The van der Waals surface area contributed by atoms with E-state index < -0.39 is 0 Å². The van der Waals surface area contributed by atoms with Crippen LogP contribution < -0.4 is 0 Å². The van der Waals surface area contributed by atoms with Crippen LogP contribution in [0.15, 0.2) is 59.8 Å². The van der Waals surface area contributed by atoms with Crippen LogP contribution >= 0.6 is 0 Å². The van der Waals surface area contributed by atoms with E-state index in [1.54, 1.807) is 24.4 Å². The van der Waals surface area contributed by atoms with Crippen LogP contribution in [0.3, 0.4) is 0 Å². The molecule has 5 heteroatoms. The van der Waals surface area contributed by atoms with E-state index in [0.717, 1.165) is 28.2 Å². The second kappa shape index (κ2) is 7.66. The zero-order valence-corrected chi connectivity index (χ0v) is 14.6. The first-order valence-electron chi connectivity index (χ1n) is 8.18. The molecule has 0 aliphatic rings. The lowest BCUT2D eigenvalue weighted by Gasteiger charge is -2.09. The van der Waals surface area contributed by atoms with Gasteiger partial charge in [0.2, 0.25) is 0 Å². The number of aryl methyl sites for hydroxylation is 1. The van der Waals surface area contributed by atoms with Crippen LogP contribution in [0, 0.1) is 31.0 Å². The molecule has 26 heavy (non-hydrogen) atoms. The smallest absolute Gasteiger partial charge is 0.143 e. The fourth-order valence-electron chi connectivity index (χ4n) is 2.86. The number of oxime groups is 1. The van der Waals surface area contributed by atoms with Crippen molar-refractivity contribution in [3.05, 3.63) is 88.5 Å². The van der Waals surface area contributed by atoms with Gasteiger partial charge < -0.3 is 9.40 Å². The van der Waals surface area contributed by atoms with Gasteiger partial charge in [0.15, 0.2) is 0 Å². The zero-order chi connectivity index (χ0) is 18.5. The van der Waals surface area contributed by atoms with E-state index >= 15 is 0 Å². The highest BCUT2D eigenvalue weighted by molar-refractivity contribution is 5.81. The van der Waals surface area contributed by atoms with Crippen LogP contribution in [0.1, 0.15) is 28.1 Å². The first kappa shape index (κ1) is 17.4. The molecule has 0 fully saturated rings. The number of nitriles is 1. The van der Waals surface area contributed by atoms with Gasteiger partial charge in [-0.05, 0) is 50.2 Å². The van der Waals surface area contributed by atoms with E-state index in [9.17, 15) is 4.39 Å². The molecular weight excluding hydrogens is 329 g/mol. The minimum absolute atomic E-state index is 0.233. The first-order chi connectivity index (χ1) is 12.6. The summed E-state index contributed by atoms with van der Waals surface area (Å²) in [6.07, 6.45) is 1.65. The molecule has 4 nitrogen and oxygen atoms in total. The average molecular weight is 347 g/mol. The second-order valence-corrected chi connectivity index (χ2v) is 5.92. The van der Waals surface area contributed by atoms with Crippen LogP contribution in [0.5, 0.6) is 0 Å². The van der Waals surface area contributed by atoms with Crippen molar-refractivity contribution in [2.24, 2.45) is 5.16 Å². The largest absolute Gasteiger partial charge is 0.391 e. The number of halogens is 1. The van der Waals surface area contributed by atoms with E-state index in [1.807, 2.05) is 42.7 Å². The molecule has 0 amide bonds. The van der Waals surface area contributed by atoms with Crippen molar-refractivity contribution >= 4 is 6.21 Å². The van der Waals surface area contributed by atoms with Crippen molar-refractivity contribution < 1.29 is 9.23 Å². The van der Waals surface area contributed by atoms with E-state index in [-0.39, 0.29) is 12.4 Å². The van der Waals surface area contributed by atoms with Gasteiger partial charge in [0.05, 0.1) is 17.8 Å². The van der Waals surface area contributed by atoms with Gasteiger partial charge in [-0.2, -0.15) is 5.26 Å². The third kappa shape index (κ3) is 3.65. The standard InChI is InChI=1S/C21H18FN3O/c1-15-11-19(16(2)25(15)21-9-7-20(22)8-10-21)13-24-26-14-18-6-4-3-5-17(18)12-23/h3-11,13H,14H2,1-2H3/b24-13-. The lowest BCUT2D eigenvalue weighted by Crippen LogP contribution is -1.99. The summed E-state index contributed by atoms with van der Waals surface area (Å²) in [5.41, 5.74) is 5.19. The molecule has 130 valence electrons. The Kier molecular flexibility index (Phi) is 5.14. The number of rotatable bonds is 5. The summed E-state index contributed by atoms with van der Waals surface area (Å²) in [7, 11) is 0. The topological polar surface area (TPSA) is 50.3 Å². The maximum Gasteiger partial charge on any atom is 0.143 e. The molecule has 0 aliphatic heterocycles. The highest BCUT2D eigenvalue weighted by atomic mass is 19.1. The van der Waals surface area contributed by atoms with Crippen molar-refractivity contribution in [2.75, 3.05) is 0 Å². The molecule has 0 N–H and O–H groups in total. The van der Waals surface area contributed by atoms with Gasteiger partial charge in [0, 0.05) is 28.2 Å². The number of aromatic nitrogens is 1. The molecule has 1 heterocycles. The van der Waals surface area contributed by atoms with Crippen molar-refractivity contribution in [2.45, 2.75) is 20.5 Å². The Labute approximate surface area is 151 Å². The normalized spacial score (nSPS) is 10.8. The fourth-order valence-corrected chi connectivity index (χ4v) is 2.86. The Morgan fingerprint density at radius 3 is 2.62 bits per heavy atom. The van der Waals surface area contributed by atoms with E-state index in [4.69, 9.17) is 10.1 Å². The van der Waals surface area contributed by atoms with Gasteiger partial charge >= 0.3 is 0 Å². The van der Waals surface area contributed by atoms with Crippen molar-refractivity contribution in [3.63, 3.8) is 0 Å². The Hall–Kier alpha value is -3.39. The molecule has 1 aromatic heterocycles. The summed E-state index contributed by atoms with van der Waals surface area (Å²) in [5.74, 6) is -0.260. The third-order valence-electron chi connectivity index (χ3n) is 4.18. The number of nitrogens with zero attached hydrogens (tertiary/aromatic N) is 3. The minimum Gasteiger partial charge on any atom is -0.391 e. The summed E-state index contributed by atoms with van der Waals surface area (Å²) < 4.78 is 15.2. The summed E-state index contributed by atoms with van der Waals surface area (Å²) >= 11 is 0. The average Bonchev–Trinajstić information content (AvgIpc) is 2.93. The van der Waals surface area contributed by atoms with E-state index in [1.165, 1.54) is 12.1 Å². The van der Waals surface area contributed by atoms with Gasteiger partial charge in [-0.1, -0.05) is 23.4 Å². The highest BCUT2D eigenvalue weighted by Gasteiger charge is 2.09. The van der Waals surface area contributed by atoms with Gasteiger partial charge in [-0.3, -0.25) is 0 Å². The monoisotopic (exact) mass is 347 g/mol. The predicted molar refractivity (Wildman–Crippen MR) is 98.7 cm³/mol. The molecular formula is C21H18FN3O. The molecule has 0 spiro atoms. The van der Waals surface area contributed by atoms with Crippen molar-refractivity contribution in [1.29, 1.82) is 5.26 Å². The number of benzene rings is 2. The van der Waals surface area contributed by atoms with Crippen LogP contribution in [0.2, 0.25) is 0 Å². The Bertz CT molecular complexity index is 981. The molecule has 0 radical (unpaired) electrons. The first-order valence-corrected chi connectivity index (χ1v) is 8.18. The van der Waals surface area contributed by atoms with Crippen LogP contribution in [0.25, 0.3) is 5.69 Å². The van der Waals surface area contributed by atoms with E-state index in [2.05, 4.69) is 11.2 Å². The van der Waals surface area contributed by atoms with Gasteiger partial charge in [-0.25, -0.2) is 4.39 Å². The van der Waals surface area contributed by atoms with Crippen LogP contribution in [-0.4, -0.2) is 10.8 Å². The Morgan fingerprint density at radius 2 is 1.88 bits per heavy atom. The van der Waals surface area contributed by atoms with E-state index in [0.29, 0.717) is 5.56 Å². The van der Waals surface area contributed by atoms with Gasteiger partial charge in [0.1, 0.15) is 12.4 Å². The molecule has 3 aromatic rings. The minimum atomic E-state index is -0.260. The van der Waals surface area contributed by atoms with Gasteiger partial charge in [0.25, 0.3) is 0 Å². The van der Waals surface area contributed by atoms with Crippen LogP contribution in [-0.2, 0) is 11.4 Å².